The van der Waals surface area contributed by atoms with Crippen molar-refractivity contribution >= 4 is 5.91 Å². The molecule has 4 aliphatic rings. The van der Waals surface area contributed by atoms with Crippen molar-refractivity contribution in [2.45, 2.75) is 63.5 Å². The molecule has 1 aromatic carbocycles. The van der Waals surface area contributed by atoms with Gasteiger partial charge in [0.1, 0.15) is 0 Å². The molecule has 1 saturated heterocycles. The Hall–Kier alpha value is -1.35. The number of benzene rings is 1. The monoisotopic (exact) mass is 340 g/mol. The fourth-order valence-electron chi connectivity index (χ4n) is 5.91. The van der Waals surface area contributed by atoms with Crippen LogP contribution in [0.5, 0.6) is 0 Å². The molecule has 0 aromatic heterocycles. The number of hydrogen-bond acceptors (Lipinski definition) is 2. The highest BCUT2D eigenvalue weighted by atomic mass is 16.2. The minimum atomic E-state index is 0.212. The third kappa shape index (κ3) is 3.36. The Bertz CT molecular complexity index is 593. The fraction of sp³-hybridized carbons (Fsp3) is 0.682. The molecule has 4 fully saturated rings. The predicted molar refractivity (Wildman–Crippen MR) is 101 cm³/mol. The number of nitrogens with zero attached hydrogens (tertiary/aromatic N) is 2. The van der Waals surface area contributed by atoms with E-state index >= 15 is 0 Å². The molecule has 3 aliphatic carbocycles. The number of amides is 1. The number of carbonyl (C=O) groups excluding carboxylic acids is 1. The number of likely N-dealkylation sites (N-methyl/N-ethyl adjacent to an activating group) is 1. The van der Waals surface area contributed by atoms with E-state index in [4.69, 9.17) is 0 Å². The maximum atomic E-state index is 13.2. The van der Waals surface area contributed by atoms with E-state index in [0.717, 1.165) is 24.9 Å². The van der Waals surface area contributed by atoms with Crippen LogP contribution in [0.4, 0.5) is 0 Å². The van der Waals surface area contributed by atoms with Gasteiger partial charge in [-0.25, -0.2) is 0 Å². The molecule has 3 nitrogen and oxygen atoms in total. The summed E-state index contributed by atoms with van der Waals surface area (Å²) in [6.45, 7) is 2.38. The molecule has 0 radical (unpaired) electrons. The highest BCUT2D eigenvalue weighted by Crippen LogP contribution is 2.53. The fourth-order valence-corrected chi connectivity index (χ4v) is 5.91. The first kappa shape index (κ1) is 17.1. The van der Waals surface area contributed by atoms with Crippen LogP contribution < -0.4 is 0 Å². The molecule has 25 heavy (non-hydrogen) atoms. The number of likely N-dealkylation sites (tertiary alicyclic amines) is 1. The number of piperidine rings is 1. The van der Waals surface area contributed by atoms with E-state index in [-0.39, 0.29) is 5.54 Å². The van der Waals surface area contributed by atoms with Crippen molar-refractivity contribution < 1.29 is 4.79 Å². The second-order valence-corrected chi connectivity index (χ2v) is 8.69. The third-order valence-corrected chi connectivity index (χ3v) is 7.03. The van der Waals surface area contributed by atoms with Crippen LogP contribution in [-0.4, -0.2) is 41.4 Å². The van der Waals surface area contributed by atoms with Gasteiger partial charge in [-0.05, 0) is 63.0 Å². The summed E-state index contributed by atoms with van der Waals surface area (Å²) < 4.78 is 0. The number of fused-ring (bicyclic) bond motifs is 2. The highest BCUT2D eigenvalue weighted by molar-refractivity contribution is 5.79. The normalized spacial score (nSPS) is 31.7. The Kier molecular flexibility index (Phi) is 4.86. The molecule has 1 aliphatic heterocycles. The molecule has 1 heterocycles. The maximum Gasteiger partial charge on any atom is 0.237 e. The first-order valence-corrected chi connectivity index (χ1v) is 10.2. The van der Waals surface area contributed by atoms with Crippen LogP contribution in [0.2, 0.25) is 0 Å². The summed E-state index contributed by atoms with van der Waals surface area (Å²) in [7, 11) is 2.08. The van der Waals surface area contributed by atoms with E-state index < -0.39 is 0 Å². The smallest absolute Gasteiger partial charge is 0.237 e. The van der Waals surface area contributed by atoms with Crippen molar-refractivity contribution in [2.24, 2.45) is 11.8 Å². The summed E-state index contributed by atoms with van der Waals surface area (Å²) in [4.78, 5) is 17.8. The average molecular weight is 341 g/mol. The summed E-state index contributed by atoms with van der Waals surface area (Å²) >= 11 is 0. The lowest BCUT2D eigenvalue weighted by Gasteiger charge is -2.59. The van der Waals surface area contributed by atoms with Gasteiger partial charge >= 0.3 is 0 Å². The number of carbonyl (C=O) groups is 1. The molecule has 1 spiro atoms. The zero-order chi connectivity index (χ0) is 17.3. The molecule has 1 aromatic rings. The van der Waals surface area contributed by atoms with Crippen molar-refractivity contribution in [3.05, 3.63) is 35.9 Å². The van der Waals surface area contributed by atoms with Gasteiger partial charge in [0, 0.05) is 18.6 Å². The van der Waals surface area contributed by atoms with Gasteiger partial charge in [0.2, 0.25) is 5.91 Å². The van der Waals surface area contributed by atoms with E-state index in [2.05, 4.69) is 41.1 Å². The lowest BCUT2D eigenvalue weighted by molar-refractivity contribution is -0.152. The van der Waals surface area contributed by atoms with Crippen LogP contribution in [0.15, 0.2) is 30.3 Å². The number of rotatable bonds is 4. The first-order valence-electron chi connectivity index (χ1n) is 10.2. The molecule has 3 heteroatoms. The van der Waals surface area contributed by atoms with Crippen molar-refractivity contribution in [1.29, 1.82) is 0 Å². The summed E-state index contributed by atoms with van der Waals surface area (Å²) in [5.74, 6) is 2.01. The maximum absolute atomic E-state index is 13.2. The van der Waals surface area contributed by atoms with Gasteiger partial charge in [-0.2, -0.15) is 0 Å². The summed E-state index contributed by atoms with van der Waals surface area (Å²) in [5.41, 5.74) is 1.49. The molecule has 136 valence electrons. The quantitative estimate of drug-likeness (QED) is 0.824. The van der Waals surface area contributed by atoms with Crippen LogP contribution in [0.3, 0.4) is 0 Å². The largest absolute Gasteiger partial charge is 0.336 e. The summed E-state index contributed by atoms with van der Waals surface area (Å²) in [6, 6.07) is 10.5. The van der Waals surface area contributed by atoms with Gasteiger partial charge in [-0.15, -0.1) is 0 Å². The standard InChI is InChI=1S/C22H32N2O/c1-23(16-19-7-3-2-4-8-19)17-21(25)24-14-6-5-13-22(24)15-18-9-11-20(22)12-10-18/h2-4,7-8,18,20H,5-6,9-17H2,1H3. The molecule has 3 saturated carbocycles. The Morgan fingerprint density at radius 1 is 1.16 bits per heavy atom. The molecule has 1 unspecified atom stereocenters. The van der Waals surface area contributed by atoms with Crippen LogP contribution in [-0.2, 0) is 11.3 Å². The lowest BCUT2D eigenvalue weighted by atomic mass is 9.57. The topological polar surface area (TPSA) is 23.6 Å². The third-order valence-electron chi connectivity index (χ3n) is 7.03. The second-order valence-electron chi connectivity index (χ2n) is 8.69. The first-order chi connectivity index (χ1) is 12.2. The van der Waals surface area contributed by atoms with Gasteiger partial charge in [-0.3, -0.25) is 9.69 Å². The Balaban J connectivity index is 1.44. The van der Waals surface area contributed by atoms with Crippen molar-refractivity contribution in [2.75, 3.05) is 20.1 Å². The van der Waals surface area contributed by atoms with Crippen LogP contribution >= 0.6 is 0 Å². The molecule has 2 bridgehead atoms. The molecular weight excluding hydrogens is 308 g/mol. The van der Waals surface area contributed by atoms with E-state index in [9.17, 15) is 4.79 Å². The van der Waals surface area contributed by atoms with Gasteiger partial charge in [-0.1, -0.05) is 43.2 Å². The zero-order valence-electron chi connectivity index (χ0n) is 15.6. The average Bonchev–Trinajstić information content (AvgIpc) is 2.63. The SMILES string of the molecule is CN(CC(=O)N1CCCCC12CC1CCC2CC1)Cc1ccccc1. The van der Waals surface area contributed by atoms with E-state index in [0.29, 0.717) is 12.5 Å². The zero-order valence-corrected chi connectivity index (χ0v) is 15.6. The van der Waals surface area contributed by atoms with Crippen molar-refractivity contribution in [3.63, 3.8) is 0 Å². The van der Waals surface area contributed by atoms with Crippen molar-refractivity contribution in [3.8, 4) is 0 Å². The minimum Gasteiger partial charge on any atom is -0.336 e. The van der Waals surface area contributed by atoms with Crippen LogP contribution in [0.1, 0.15) is 56.9 Å². The van der Waals surface area contributed by atoms with Gasteiger partial charge < -0.3 is 4.90 Å². The van der Waals surface area contributed by atoms with E-state index in [1.54, 1.807) is 0 Å². The Morgan fingerprint density at radius 2 is 1.92 bits per heavy atom. The molecule has 0 N–H and O–H groups in total. The van der Waals surface area contributed by atoms with Gasteiger partial charge in [0.15, 0.2) is 0 Å². The van der Waals surface area contributed by atoms with E-state index in [1.165, 1.54) is 56.9 Å². The Morgan fingerprint density at radius 3 is 2.60 bits per heavy atom. The molecule has 5 rings (SSSR count). The Labute approximate surface area is 152 Å². The minimum absolute atomic E-state index is 0.212. The number of hydrogen-bond donors (Lipinski definition) is 0. The van der Waals surface area contributed by atoms with Crippen LogP contribution in [0, 0.1) is 11.8 Å². The second kappa shape index (κ2) is 7.11. The highest BCUT2D eigenvalue weighted by Gasteiger charge is 2.52. The summed E-state index contributed by atoms with van der Waals surface area (Å²) in [6.07, 6.45) is 10.6. The van der Waals surface area contributed by atoms with E-state index in [1.807, 2.05) is 6.07 Å². The lowest BCUT2D eigenvalue weighted by Crippen LogP contribution is -2.63. The predicted octanol–water partition coefficient (Wildman–Crippen LogP) is 4.08. The van der Waals surface area contributed by atoms with Gasteiger partial charge in [0.25, 0.3) is 0 Å². The molecule has 1 amide bonds. The molecular formula is C22H32N2O. The molecule has 1 atom stereocenters. The van der Waals surface area contributed by atoms with Crippen LogP contribution in [0.25, 0.3) is 0 Å². The summed E-state index contributed by atoms with van der Waals surface area (Å²) in [5, 5.41) is 0. The van der Waals surface area contributed by atoms with Crippen molar-refractivity contribution in [1.82, 2.24) is 9.80 Å². The van der Waals surface area contributed by atoms with Gasteiger partial charge in [0.05, 0.1) is 6.54 Å².